The number of hydrogen-bond acceptors (Lipinski definition) is 8. The maximum atomic E-state index is 5.83. The van der Waals surface area contributed by atoms with E-state index in [1.807, 2.05) is 54.7 Å². The first-order chi connectivity index (χ1) is 15.6. The summed E-state index contributed by atoms with van der Waals surface area (Å²) < 4.78 is 13.4. The molecule has 160 valence electrons. The van der Waals surface area contributed by atoms with E-state index in [1.165, 1.54) is 0 Å². The molecule has 0 amide bonds. The number of nitrogens with two attached hydrogens (primary N) is 2. The predicted octanol–water partition coefficient (Wildman–Crippen LogP) is 3.20. The number of rotatable bonds is 7. The third kappa shape index (κ3) is 4.36. The predicted molar refractivity (Wildman–Crippen MR) is 122 cm³/mol. The number of fused-ring (bicyclic) bond motifs is 2. The van der Waals surface area contributed by atoms with Gasteiger partial charge < -0.3 is 20.9 Å². The molecule has 0 saturated carbocycles. The van der Waals surface area contributed by atoms with Crippen molar-refractivity contribution in [2.45, 2.75) is 13.2 Å². The molecule has 0 bridgehead atoms. The number of hydrogen-bond donors (Lipinski definition) is 2. The minimum absolute atomic E-state index is 0.298. The average molecular weight is 427 g/mol. The molecule has 0 aliphatic heterocycles. The quantitative estimate of drug-likeness (QED) is 0.405. The Balaban J connectivity index is 1.16. The Morgan fingerprint density at radius 2 is 1.34 bits per heavy atom. The lowest BCUT2D eigenvalue weighted by Gasteiger charge is -2.07. The second-order valence-corrected chi connectivity index (χ2v) is 7.29. The molecule has 0 radical (unpaired) electrons. The van der Waals surface area contributed by atoms with Gasteiger partial charge in [0.1, 0.15) is 42.0 Å². The molecule has 0 aliphatic carbocycles. The Hall–Kier alpha value is -4.40. The van der Waals surface area contributed by atoms with Gasteiger partial charge in [-0.2, -0.15) is 0 Å². The Labute approximate surface area is 183 Å². The number of pyridine rings is 2. The van der Waals surface area contributed by atoms with Gasteiger partial charge in [0.25, 0.3) is 0 Å². The standard InChI is InChI=1S/C23H21N7O2/c24-22-7-3-15-1-5-18(11-20(15)26-22)31-10-9-30-13-17(28-29-30)14-32-19-6-2-16-4-8-23(25)27-21(16)12-19/h1-8,11-13H,9-10,14H2,(H2,24,26)(H2,25,27). The van der Waals surface area contributed by atoms with E-state index in [0.29, 0.717) is 37.1 Å². The lowest BCUT2D eigenvalue weighted by molar-refractivity contribution is 0.290. The van der Waals surface area contributed by atoms with Gasteiger partial charge in [-0.15, -0.1) is 5.10 Å². The van der Waals surface area contributed by atoms with Crippen LogP contribution in [0.4, 0.5) is 11.6 Å². The van der Waals surface area contributed by atoms with Gasteiger partial charge in [0.2, 0.25) is 0 Å². The molecular formula is C23H21N7O2. The van der Waals surface area contributed by atoms with E-state index in [2.05, 4.69) is 20.3 Å². The summed E-state index contributed by atoms with van der Waals surface area (Å²) in [6.45, 7) is 1.29. The molecule has 3 aromatic heterocycles. The van der Waals surface area contributed by atoms with Crippen LogP contribution >= 0.6 is 0 Å². The van der Waals surface area contributed by atoms with Crippen LogP contribution in [-0.4, -0.2) is 31.6 Å². The van der Waals surface area contributed by atoms with Crippen molar-refractivity contribution in [2.24, 2.45) is 0 Å². The van der Waals surface area contributed by atoms with Crippen LogP contribution in [0.5, 0.6) is 11.5 Å². The van der Waals surface area contributed by atoms with Crippen LogP contribution in [0.15, 0.2) is 66.9 Å². The fourth-order valence-corrected chi connectivity index (χ4v) is 3.33. The first kappa shape index (κ1) is 19.6. The molecular weight excluding hydrogens is 406 g/mol. The summed E-state index contributed by atoms with van der Waals surface area (Å²) in [5, 5.41) is 10.3. The largest absolute Gasteiger partial charge is 0.492 e. The molecule has 0 unspecified atom stereocenters. The first-order valence-corrected chi connectivity index (χ1v) is 10.1. The number of benzene rings is 2. The van der Waals surface area contributed by atoms with Crippen LogP contribution < -0.4 is 20.9 Å². The van der Waals surface area contributed by atoms with Crippen molar-refractivity contribution >= 4 is 33.4 Å². The topological polar surface area (TPSA) is 127 Å². The molecule has 0 fully saturated rings. The van der Waals surface area contributed by atoms with Crippen LogP contribution in [0.2, 0.25) is 0 Å². The second kappa shape index (κ2) is 8.38. The number of anilines is 2. The highest BCUT2D eigenvalue weighted by molar-refractivity contribution is 5.82. The third-order valence-electron chi connectivity index (χ3n) is 4.93. The Kier molecular flexibility index (Phi) is 5.12. The zero-order valence-corrected chi connectivity index (χ0v) is 17.2. The summed E-state index contributed by atoms with van der Waals surface area (Å²) in [6, 6.07) is 18.9. The Morgan fingerprint density at radius 1 is 0.750 bits per heavy atom. The SMILES string of the molecule is Nc1ccc2ccc(OCCn3cc(COc4ccc5ccc(N)nc5c4)nn3)cc2n1. The Bertz CT molecular complexity index is 1400. The van der Waals surface area contributed by atoms with Crippen LogP contribution in [0.3, 0.4) is 0 Å². The van der Waals surface area contributed by atoms with Gasteiger partial charge >= 0.3 is 0 Å². The lowest BCUT2D eigenvalue weighted by atomic mass is 10.2. The molecule has 5 aromatic rings. The van der Waals surface area contributed by atoms with E-state index in [9.17, 15) is 0 Å². The molecule has 4 N–H and O–H groups in total. The van der Waals surface area contributed by atoms with E-state index >= 15 is 0 Å². The summed E-state index contributed by atoms with van der Waals surface area (Å²) in [7, 11) is 0. The zero-order chi connectivity index (χ0) is 21.9. The molecule has 9 nitrogen and oxygen atoms in total. The number of aromatic nitrogens is 5. The van der Waals surface area contributed by atoms with Gasteiger partial charge in [0.15, 0.2) is 0 Å². The number of nitrogen functional groups attached to an aromatic ring is 2. The third-order valence-corrected chi connectivity index (χ3v) is 4.93. The van der Waals surface area contributed by atoms with Gasteiger partial charge in [-0.3, -0.25) is 0 Å². The highest BCUT2D eigenvalue weighted by Crippen LogP contribution is 2.22. The maximum absolute atomic E-state index is 5.83. The van der Waals surface area contributed by atoms with E-state index in [4.69, 9.17) is 20.9 Å². The van der Waals surface area contributed by atoms with E-state index in [0.717, 1.165) is 33.2 Å². The molecule has 2 aromatic carbocycles. The van der Waals surface area contributed by atoms with Gasteiger partial charge in [0.05, 0.1) is 23.8 Å². The van der Waals surface area contributed by atoms with Crippen molar-refractivity contribution in [1.29, 1.82) is 0 Å². The Morgan fingerprint density at radius 3 is 2.00 bits per heavy atom. The molecule has 0 aliphatic rings. The van der Waals surface area contributed by atoms with Crippen LogP contribution in [-0.2, 0) is 13.2 Å². The van der Waals surface area contributed by atoms with E-state index < -0.39 is 0 Å². The fourth-order valence-electron chi connectivity index (χ4n) is 3.33. The number of ether oxygens (including phenoxy) is 2. The molecule has 0 saturated heterocycles. The highest BCUT2D eigenvalue weighted by atomic mass is 16.5. The minimum atomic E-state index is 0.298. The van der Waals surface area contributed by atoms with E-state index in [-0.39, 0.29) is 0 Å². The minimum Gasteiger partial charge on any atom is -0.492 e. The van der Waals surface area contributed by atoms with Crippen molar-refractivity contribution in [3.63, 3.8) is 0 Å². The zero-order valence-electron chi connectivity index (χ0n) is 17.2. The van der Waals surface area contributed by atoms with E-state index in [1.54, 1.807) is 16.8 Å². The van der Waals surface area contributed by atoms with Crippen molar-refractivity contribution in [2.75, 3.05) is 18.1 Å². The maximum Gasteiger partial charge on any atom is 0.134 e. The summed E-state index contributed by atoms with van der Waals surface area (Å²) in [4.78, 5) is 8.64. The molecule has 32 heavy (non-hydrogen) atoms. The van der Waals surface area contributed by atoms with Crippen LogP contribution in [0, 0.1) is 0 Å². The fraction of sp³-hybridized carbons (Fsp3) is 0.130. The smallest absolute Gasteiger partial charge is 0.134 e. The summed E-state index contributed by atoms with van der Waals surface area (Å²) >= 11 is 0. The van der Waals surface area contributed by atoms with Crippen LogP contribution in [0.1, 0.15) is 5.69 Å². The van der Waals surface area contributed by atoms with Gasteiger partial charge in [-0.25, -0.2) is 14.6 Å². The summed E-state index contributed by atoms with van der Waals surface area (Å²) in [5.74, 6) is 2.38. The first-order valence-electron chi connectivity index (χ1n) is 10.1. The van der Waals surface area contributed by atoms with Crippen molar-refractivity contribution < 1.29 is 9.47 Å². The van der Waals surface area contributed by atoms with Gasteiger partial charge in [0, 0.05) is 22.9 Å². The van der Waals surface area contributed by atoms with Crippen molar-refractivity contribution in [1.82, 2.24) is 25.0 Å². The van der Waals surface area contributed by atoms with Gasteiger partial charge in [-0.05, 0) is 48.5 Å². The van der Waals surface area contributed by atoms with Crippen LogP contribution in [0.25, 0.3) is 21.8 Å². The lowest BCUT2D eigenvalue weighted by Crippen LogP contribution is -2.08. The van der Waals surface area contributed by atoms with Gasteiger partial charge in [-0.1, -0.05) is 5.21 Å². The summed E-state index contributed by atoms with van der Waals surface area (Å²) in [6.07, 6.45) is 1.84. The van der Waals surface area contributed by atoms with Crippen molar-refractivity contribution in [3.05, 3.63) is 72.6 Å². The average Bonchev–Trinajstić information content (AvgIpc) is 3.25. The molecule has 3 heterocycles. The molecule has 5 rings (SSSR count). The molecule has 9 heteroatoms. The second-order valence-electron chi connectivity index (χ2n) is 7.29. The molecule has 0 atom stereocenters. The summed E-state index contributed by atoms with van der Waals surface area (Å²) in [5.41, 5.74) is 13.8. The van der Waals surface area contributed by atoms with Crippen molar-refractivity contribution in [3.8, 4) is 11.5 Å². The monoisotopic (exact) mass is 427 g/mol. The normalized spacial score (nSPS) is 11.1. The highest BCUT2D eigenvalue weighted by Gasteiger charge is 2.05. The number of nitrogens with zero attached hydrogens (tertiary/aromatic N) is 5. The molecule has 0 spiro atoms.